The minimum atomic E-state index is -1.02. The van der Waals surface area contributed by atoms with Crippen LogP contribution in [0, 0.1) is 11.3 Å². The van der Waals surface area contributed by atoms with E-state index in [1.165, 1.54) is 23.9 Å². The van der Waals surface area contributed by atoms with Gasteiger partial charge in [0.05, 0.1) is 5.56 Å². The molecule has 27 heavy (non-hydrogen) atoms. The lowest BCUT2D eigenvalue weighted by molar-refractivity contribution is -0.112. The van der Waals surface area contributed by atoms with Gasteiger partial charge < -0.3 is 15.7 Å². The number of nitriles is 1. The summed E-state index contributed by atoms with van der Waals surface area (Å²) in [6.07, 6.45) is 4.53. The predicted octanol–water partition coefficient (Wildman–Crippen LogP) is 4.19. The van der Waals surface area contributed by atoms with Crippen LogP contribution in [0.15, 0.2) is 60.3 Å². The van der Waals surface area contributed by atoms with E-state index < -0.39 is 11.9 Å². The number of benzene rings is 2. The maximum atomic E-state index is 12.2. The highest BCUT2D eigenvalue weighted by Crippen LogP contribution is 2.14. The Morgan fingerprint density at radius 2 is 1.70 bits per heavy atom. The van der Waals surface area contributed by atoms with Crippen LogP contribution in [0.25, 0.3) is 0 Å². The third-order valence-corrected chi connectivity index (χ3v) is 3.91. The number of unbranched alkanes of at least 4 members (excludes halogenated alkanes) is 1. The fourth-order valence-electron chi connectivity index (χ4n) is 2.35. The fourth-order valence-corrected chi connectivity index (χ4v) is 2.35. The number of nitrogens with zero attached hydrogens (tertiary/aromatic N) is 1. The Bertz CT molecular complexity index is 863. The van der Waals surface area contributed by atoms with Crippen molar-refractivity contribution < 1.29 is 14.7 Å². The molecule has 138 valence electrons. The van der Waals surface area contributed by atoms with Gasteiger partial charge in [0.15, 0.2) is 0 Å². The summed E-state index contributed by atoms with van der Waals surface area (Å²) in [5.74, 6) is -1.54. The maximum Gasteiger partial charge on any atom is 0.335 e. The van der Waals surface area contributed by atoms with E-state index in [-0.39, 0.29) is 11.1 Å². The van der Waals surface area contributed by atoms with E-state index in [1.54, 1.807) is 12.1 Å². The molecule has 0 aromatic heterocycles. The van der Waals surface area contributed by atoms with E-state index >= 15 is 0 Å². The number of hydrogen-bond acceptors (Lipinski definition) is 4. The Balaban J connectivity index is 1.99. The van der Waals surface area contributed by atoms with E-state index in [9.17, 15) is 14.9 Å². The lowest BCUT2D eigenvalue weighted by atomic mass is 10.1. The molecule has 1 amide bonds. The van der Waals surface area contributed by atoms with Gasteiger partial charge in [-0.05, 0) is 54.8 Å². The number of carboxylic acids is 1. The van der Waals surface area contributed by atoms with Crippen molar-refractivity contribution in [2.24, 2.45) is 0 Å². The van der Waals surface area contributed by atoms with Crippen molar-refractivity contribution in [3.05, 3.63) is 71.4 Å². The average Bonchev–Trinajstić information content (AvgIpc) is 2.68. The molecule has 3 N–H and O–H groups in total. The molecule has 0 saturated heterocycles. The first-order chi connectivity index (χ1) is 13.0. The normalized spacial score (nSPS) is 10.7. The number of aromatic carboxylic acids is 1. The van der Waals surface area contributed by atoms with E-state index in [2.05, 4.69) is 17.6 Å². The number of rotatable bonds is 8. The highest BCUT2D eigenvalue weighted by molar-refractivity contribution is 6.06. The van der Waals surface area contributed by atoms with Crippen LogP contribution in [-0.4, -0.2) is 17.0 Å². The van der Waals surface area contributed by atoms with Crippen molar-refractivity contribution in [3.63, 3.8) is 0 Å². The standard InChI is InChI=1S/C21H21N3O3/c1-2-3-4-15-5-9-19(10-6-15)24-20(25)17(13-22)14-23-18-11-7-16(8-12-18)21(26)27/h5-12,14,23H,2-4H2,1H3,(H,24,25)(H,26,27)/b17-14-. The largest absolute Gasteiger partial charge is 0.478 e. The predicted molar refractivity (Wildman–Crippen MR) is 104 cm³/mol. The summed E-state index contributed by atoms with van der Waals surface area (Å²) in [5, 5.41) is 23.6. The highest BCUT2D eigenvalue weighted by Gasteiger charge is 2.09. The summed E-state index contributed by atoms with van der Waals surface area (Å²) in [4.78, 5) is 23.1. The van der Waals surface area contributed by atoms with Gasteiger partial charge >= 0.3 is 5.97 Å². The van der Waals surface area contributed by atoms with Crippen molar-refractivity contribution in [3.8, 4) is 6.07 Å². The first-order valence-electron chi connectivity index (χ1n) is 8.64. The van der Waals surface area contributed by atoms with Crippen molar-refractivity contribution in [2.45, 2.75) is 26.2 Å². The molecule has 0 aliphatic heterocycles. The Hall–Kier alpha value is -3.59. The zero-order valence-corrected chi connectivity index (χ0v) is 15.0. The second kappa shape index (κ2) is 9.78. The smallest absolute Gasteiger partial charge is 0.335 e. The van der Waals surface area contributed by atoms with Crippen molar-refractivity contribution in [1.29, 1.82) is 5.26 Å². The molecular weight excluding hydrogens is 342 g/mol. The molecule has 0 bridgehead atoms. The number of nitrogens with one attached hydrogen (secondary N) is 2. The molecule has 0 heterocycles. The minimum absolute atomic E-state index is 0.0904. The summed E-state index contributed by atoms with van der Waals surface area (Å²) in [6, 6.07) is 15.4. The summed E-state index contributed by atoms with van der Waals surface area (Å²) >= 11 is 0. The Morgan fingerprint density at radius 3 is 2.26 bits per heavy atom. The fraction of sp³-hybridized carbons (Fsp3) is 0.190. The SMILES string of the molecule is CCCCc1ccc(NC(=O)/C(C#N)=C\Nc2ccc(C(=O)O)cc2)cc1. The van der Waals surface area contributed by atoms with Crippen LogP contribution >= 0.6 is 0 Å². The van der Waals surface area contributed by atoms with Gasteiger partial charge in [-0.15, -0.1) is 0 Å². The molecule has 2 rings (SSSR count). The molecule has 0 radical (unpaired) electrons. The number of amides is 1. The second-order valence-corrected chi connectivity index (χ2v) is 5.95. The number of carboxylic acid groups (broad SMARTS) is 1. The average molecular weight is 363 g/mol. The van der Waals surface area contributed by atoms with Gasteiger partial charge in [-0.2, -0.15) is 5.26 Å². The molecule has 6 heteroatoms. The maximum absolute atomic E-state index is 12.2. The quantitative estimate of drug-likeness (QED) is 0.482. The molecule has 0 unspecified atom stereocenters. The van der Waals surface area contributed by atoms with Crippen LogP contribution in [0.3, 0.4) is 0 Å². The third-order valence-electron chi connectivity index (χ3n) is 3.91. The van der Waals surface area contributed by atoms with Gasteiger partial charge in [0.2, 0.25) is 0 Å². The van der Waals surface area contributed by atoms with Crippen LogP contribution in [0.1, 0.15) is 35.7 Å². The molecule has 0 aliphatic carbocycles. The monoisotopic (exact) mass is 363 g/mol. The lowest BCUT2D eigenvalue weighted by Gasteiger charge is -2.07. The molecule has 0 saturated carbocycles. The Morgan fingerprint density at radius 1 is 1.07 bits per heavy atom. The molecule has 6 nitrogen and oxygen atoms in total. The summed E-state index contributed by atoms with van der Waals surface area (Å²) in [7, 11) is 0. The van der Waals surface area contributed by atoms with Gasteiger partial charge in [0.1, 0.15) is 11.6 Å². The van der Waals surface area contributed by atoms with Gasteiger partial charge in [0.25, 0.3) is 5.91 Å². The van der Waals surface area contributed by atoms with Crippen LogP contribution in [0.4, 0.5) is 11.4 Å². The van der Waals surface area contributed by atoms with Crippen molar-refractivity contribution in [2.75, 3.05) is 10.6 Å². The number of aryl methyl sites for hydroxylation is 1. The zero-order valence-electron chi connectivity index (χ0n) is 15.0. The van der Waals surface area contributed by atoms with Crippen LogP contribution in [-0.2, 0) is 11.2 Å². The van der Waals surface area contributed by atoms with Gasteiger partial charge in [-0.3, -0.25) is 4.79 Å². The first kappa shape index (κ1) is 19.7. The molecule has 2 aromatic carbocycles. The van der Waals surface area contributed by atoms with Crippen molar-refractivity contribution >= 4 is 23.3 Å². The second-order valence-electron chi connectivity index (χ2n) is 5.95. The van der Waals surface area contributed by atoms with Crippen LogP contribution < -0.4 is 10.6 Å². The number of anilines is 2. The molecule has 0 atom stereocenters. The third kappa shape index (κ3) is 6.01. The molecule has 0 fully saturated rings. The lowest BCUT2D eigenvalue weighted by Crippen LogP contribution is -2.14. The van der Waals surface area contributed by atoms with Gasteiger partial charge in [0, 0.05) is 17.6 Å². The molecule has 0 spiro atoms. The first-order valence-corrected chi connectivity index (χ1v) is 8.64. The van der Waals surface area contributed by atoms with Crippen molar-refractivity contribution in [1.82, 2.24) is 0 Å². The molecule has 0 aliphatic rings. The zero-order chi connectivity index (χ0) is 19.6. The summed E-state index contributed by atoms with van der Waals surface area (Å²) < 4.78 is 0. The number of carbonyl (C=O) groups excluding carboxylic acids is 1. The number of hydrogen-bond donors (Lipinski definition) is 3. The van der Waals surface area contributed by atoms with Crippen LogP contribution in [0.5, 0.6) is 0 Å². The molecular formula is C21H21N3O3. The highest BCUT2D eigenvalue weighted by atomic mass is 16.4. The summed E-state index contributed by atoms with van der Waals surface area (Å²) in [5.41, 5.74) is 2.46. The number of carbonyl (C=O) groups is 2. The van der Waals surface area contributed by atoms with E-state index in [1.807, 2.05) is 30.3 Å². The van der Waals surface area contributed by atoms with E-state index in [0.717, 1.165) is 19.3 Å². The topological polar surface area (TPSA) is 102 Å². The van der Waals surface area contributed by atoms with Gasteiger partial charge in [-0.1, -0.05) is 25.5 Å². The summed E-state index contributed by atoms with van der Waals surface area (Å²) in [6.45, 7) is 2.14. The van der Waals surface area contributed by atoms with E-state index in [0.29, 0.717) is 11.4 Å². The van der Waals surface area contributed by atoms with Crippen LogP contribution in [0.2, 0.25) is 0 Å². The Labute approximate surface area is 158 Å². The molecule has 2 aromatic rings. The van der Waals surface area contributed by atoms with Gasteiger partial charge in [-0.25, -0.2) is 4.79 Å². The Kier molecular flexibility index (Phi) is 7.15. The minimum Gasteiger partial charge on any atom is -0.478 e. The van der Waals surface area contributed by atoms with E-state index in [4.69, 9.17) is 5.11 Å².